The molecule has 0 aliphatic heterocycles. The molecule has 1 aromatic rings. The Labute approximate surface area is 126 Å². The van der Waals surface area contributed by atoms with Gasteiger partial charge in [0.15, 0.2) is 5.96 Å². The van der Waals surface area contributed by atoms with Crippen LogP contribution in [-0.2, 0) is 17.7 Å². The summed E-state index contributed by atoms with van der Waals surface area (Å²) in [7, 11) is 1.81. The fraction of sp³-hybridized carbons (Fsp3) is 0.667. The molecule has 0 bridgehead atoms. The van der Waals surface area contributed by atoms with E-state index in [1.165, 1.54) is 9.75 Å². The second kappa shape index (κ2) is 10.7. The Morgan fingerprint density at radius 1 is 1.20 bits per heavy atom. The maximum atomic E-state index is 5.31. The molecular weight excluding hydrogens is 270 g/mol. The van der Waals surface area contributed by atoms with E-state index in [0.717, 1.165) is 51.5 Å². The van der Waals surface area contributed by atoms with E-state index in [1.54, 1.807) is 7.05 Å². The van der Waals surface area contributed by atoms with Crippen LogP contribution in [0, 0.1) is 0 Å². The van der Waals surface area contributed by atoms with Crippen LogP contribution in [0.1, 0.15) is 36.4 Å². The first-order valence-corrected chi connectivity index (χ1v) is 8.21. The Kier molecular flexibility index (Phi) is 9.07. The minimum Gasteiger partial charge on any atom is -0.382 e. The molecule has 5 heteroatoms. The molecule has 1 heterocycles. The molecule has 0 radical (unpaired) electrons. The number of ether oxygens (including phenoxy) is 1. The van der Waals surface area contributed by atoms with Crippen LogP contribution in [0.2, 0.25) is 0 Å². The van der Waals surface area contributed by atoms with Gasteiger partial charge in [0.05, 0.1) is 6.54 Å². The highest BCUT2D eigenvalue weighted by atomic mass is 32.1. The smallest absolute Gasteiger partial charge is 0.191 e. The molecular formula is C15H27N3OS. The molecule has 0 fully saturated rings. The summed E-state index contributed by atoms with van der Waals surface area (Å²) >= 11 is 1.86. The molecule has 4 nitrogen and oxygen atoms in total. The summed E-state index contributed by atoms with van der Waals surface area (Å²) in [5, 5.41) is 6.67. The van der Waals surface area contributed by atoms with Gasteiger partial charge in [-0.3, -0.25) is 4.99 Å². The number of nitrogens with one attached hydrogen (secondary N) is 2. The molecule has 114 valence electrons. The topological polar surface area (TPSA) is 45.6 Å². The van der Waals surface area contributed by atoms with Crippen LogP contribution in [-0.4, -0.2) is 32.8 Å². The summed E-state index contributed by atoms with van der Waals surface area (Å²) in [4.78, 5) is 7.01. The van der Waals surface area contributed by atoms with Crippen molar-refractivity contribution < 1.29 is 4.74 Å². The average Bonchev–Trinajstić information content (AvgIpc) is 2.94. The zero-order chi connectivity index (χ0) is 14.6. The zero-order valence-electron chi connectivity index (χ0n) is 12.9. The van der Waals surface area contributed by atoms with Gasteiger partial charge >= 0.3 is 0 Å². The molecule has 0 aliphatic carbocycles. The number of rotatable bonds is 9. The SMILES string of the molecule is CCOCCCCNC(=NC)NCc1ccc(CC)s1. The quantitative estimate of drug-likeness (QED) is 0.418. The van der Waals surface area contributed by atoms with Gasteiger partial charge < -0.3 is 15.4 Å². The lowest BCUT2D eigenvalue weighted by atomic mass is 10.3. The van der Waals surface area contributed by atoms with Crippen molar-refractivity contribution in [1.29, 1.82) is 0 Å². The molecule has 0 spiro atoms. The van der Waals surface area contributed by atoms with Gasteiger partial charge in [-0.25, -0.2) is 0 Å². The highest BCUT2D eigenvalue weighted by Crippen LogP contribution is 2.16. The van der Waals surface area contributed by atoms with Crippen LogP contribution in [0.3, 0.4) is 0 Å². The number of aryl methyl sites for hydroxylation is 1. The Balaban J connectivity index is 2.16. The van der Waals surface area contributed by atoms with E-state index in [0.29, 0.717) is 0 Å². The maximum Gasteiger partial charge on any atom is 0.191 e. The predicted molar refractivity (Wildman–Crippen MR) is 87.6 cm³/mol. The summed E-state index contributed by atoms with van der Waals surface area (Å²) in [6.45, 7) is 7.63. The zero-order valence-corrected chi connectivity index (χ0v) is 13.7. The van der Waals surface area contributed by atoms with Crippen molar-refractivity contribution in [3.05, 3.63) is 21.9 Å². The molecule has 0 saturated carbocycles. The second-order valence-electron chi connectivity index (χ2n) is 4.48. The molecule has 0 saturated heterocycles. The summed E-state index contributed by atoms with van der Waals surface area (Å²) in [6.07, 6.45) is 3.29. The number of nitrogens with zero attached hydrogens (tertiary/aromatic N) is 1. The van der Waals surface area contributed by atoms with Crippen LogP contribution in [0.25, 0.3) is 0 Å². The summed E-state index contributed by atoms with van der Waals surface area (Å²) in [5.74, 6) is 0.868. The standard InChI is InChI=1S/C15H27N3OS/c1-4-13-8-9-14(20-13)12-18-15(16-3)17-10-6-7-11-19-5-2/h8-9H,4-7,10-12H2,1-3H3,(H2,16,17,18). The second-order valence-corrected chi connectivity index (χ2v) is 5.73. The van der Waals surface area contributed by atoms with Crippen molar-refractivity contribution in [3.63, 3.8) is 0 Å². The van der Waals surface area contributed by atoms with Crippen molar-refractivity contribution in [3.8, 4) is 0 Å². The van der Waals surface area contributed by atoms with Crippen molar-refractivity contribution in [1.82, 2.24) is 10.6 Å². The Morgan fingerprint density at radius 3 is 2.65 bits per heavy atom. The highest BCUT2D eigenvalue weighted by Gasteiger charge is 2.01. The summed E-state index contributed by atoms with van der Waals surface area (Å²) < 4.78 is 5.31. The first kappa shape index (κ1) is 17.0. The fourth-order valence-corrected chi connectivity index (χ4v) is 2.68. The van der Waals surface area contributed by atoms with E-state index in [4.69, 9.17) is 4.74 Å². The molecule has 1 rings (SSSR count). The number of hydrogen-bond donors (Lipinski definition) is 2. The van der Waals surface area contributed by atoms with Gasteiger partial charge in [-0.15, -0.1) is 11.3 Å². The van der Waals surface area contributed by atoms with Crippen LogP contribution in [0.4, 0.5) is 0 Å². The molecule has 1 aromatic heterocycles. The predicted octanol–water partition coefficient (Wildman–Crippen LogP) is 2.79. The minimum atomic E-state index is 0.803. The Morgan fingerprint density at radius 2 is 2.00 bits per heavy atom. The lowest BCUT2D eigenvalue weighted by Crippen LogP contribution is -2.37. The third-order valence-corrected chi connectivity index (χ3v) is 4.16. The van der Waals surface area contributed by atoms with Crippen LogP contribution in [0.5, 0.6) is 0 Å². The van der Waals surface area contributed by atoms with E-state index in [-0.39, 0.29) is 0 Å². The summed E-state index contributed by atoms with van der Waals surface area (Å²) in [6, 6.07) is 4.39. The van der Waals surface area contributed by atoms with Gasteiger partial charge in [-0.2, -0.15) is 0 Å². The molecule has 0 atom stereocenters. The van der Waals surface area contributed by atoms with Crippen molar-refractivity contribution in [2.75, 3.05) is 26.8 Å². The largest absolute Gasteiger partial charge is 0.382 e. The van der Waals surface area contributed by atoms with E-state index in [2.05, 4.69) is 34.7 Å². The van der Waals surface area contributed by atoms with Crippen molar-refractivity contribution in [2.45, 2.75) is 39.7 Å². The fourth-order valence-electron chi connectivity index (χ4n) is 1.78. The van der Waals surface area contributed by atoms with Gasteiger partial charge in [-0.05, 0) is 38.3 Å². The first-order valence-electron chi connectivity index (χ1n) is 7.40. The molecule has 0 amide bonds. The van der Waals surface area contributed by atoms with E-state index >= 15 is 0 Å². The molecule has 0 aliphatic rings. The first-order chi connectivity index (χ1) is 9.80. The van der Waals surface area contributed by atoms with Crippen LogP contribution in [0.15, 0.2) is 17.1 Å². The number of thiophene rings is 1. The number of aliphatic imine (C=N–C) groups is 1. The lowest BCUT2D eigenvalue weighted by Gasteiger charge is -2.11. The van der Waals surface area contributed by atoms with Gasteiger partial charge in [0.1, 0.15) is 0 Å². The molecule has 0 unspecified atom stereocenters. The Bertz CT molecular complexity index is 390. The highest BCUT2D eigenvalue weighted by molar-refractivity contribution is 7.11. The average molecular weight is 297 g/mol. The van der Waals surface area contributed by atoms with Crippen molar-refractivity contribution in [2.24, 2.45) is 4.99 Å². The monoisotopic (exact) mass is 297 g/mol. The van der Waals surface area contributed by atoms with Crippen LogP contribution < -0.4 is 10.6 Å². The minimum absolute atomic E-state index is 0.803. The van der Waals surface area contributed by atoms with E-state index in [9.17, 15) is 0 Å². The third-order valence-electron chi connectivity index (χ3n) is 2.93. The number of hydrogen-bond acceptors (Lipinski definition) is 3. The van der Waals surface area contributed by atoms with Crippen LogP contribution >= 0.6 is 11.3 Å². The Hall–Kier alpha value is -1.07. The van der Waals surface area contributed by atoms with Gasteiger partial charge in [0, 0.05) is 36.6 Å². The van der Waals surface area contributed by atoms with Gasteiger partial charge in [-0.1, -0.05) is 6.92 Å². The molecule has 20 heavy (non-hydrogen) atoms. The molecule has 2 N–H and O–H groups in total. The number of unbranched alkanes of at least 4 members (excludes halogenated alkanes) is 1. The van der Waals surface area contributed by atoms with Crippen molar-refractivity contribution >= 4 is 17.3 Å². The van der Waals surface area contributed by atoms with Gasteiger partial charge in [0.25, 0.3) is 0 Å². The molecule has 0 aromatic carbocycles. The van der Waals surface area contributed by atoms with Gasteiger partial charge in [0.2, 0.25) is 0 Å². The number of guanidine groups is 1. The third kappa shape index (κ3) is 6.91. The normalized spacial score (nSPS) is 11.7. The van der Waals surface area contributed by atoms with E-state index in [1.807, 2.05) is 18.3 Å². The van der Waals surface area contributed by atoms with E-state index < -0.39 is 0 Å². The lowest BCUT2D eigenvalue weighted by molar-refractivity contribution is 0.143. The summed E-state index contributed by atoms with van der Waals surface area (Å²) in [5.41, 5.74) is 0. The maximum absolute atomic E-state index is 5.31.